The Balaban J connectivity index is 0. The first-order valence-electron chi connectivity index (χ1n) is 2.30. The van der Waals surface area contributed by atoms with Gasteiger partial charge in [0.2, 0.25) is 0 Å². The summed E-state index contributed by atoms with van der Waals surface area (Å²) in [6, 6.07) is 0. The summed E-state index contributed by atoms with van der Waals surface area (Å²) in [6.45, 7) is -0.0826. The zero-order valence-electron chi connectivity index (χ0n) is 5.66. The molecule has 0 aliphatic rings. The minimum atomic E-state index is -5.02. The number of rotatable bonds is 4. The topological polar surface area (TPSA) is 87.6 Å². The van der Waals surface area contributed by atoms with Crippen molar-refractivity contribution in [1.29, 1.82) is 0 Å². The second-order valence-electron chi connectivity index (χ2n) is 1.34. The minimum absolute atomic E-state index is 0. The van der Waals surface area contributed by atoms with Crippen LogP contribution in [0.5, 0.6) is 0 Å². The normalized spacial score (nSPS) is 10.8. The van der Waals surface area contributed by atoms with Crippen molar-refractivity contribution in [3.63, 3.8) is 0 Å². The summed E-state index contributed by atoms with van der Waals surface area (Å²) in [6.07, 6.45) is 0. The Morgan fingerprint density at radius 1 is 1.20 bits per heavy atom. The fraction of sp³-hybridized carbons (Fsp3) is 1.00. The molecule has 0 rings (SSSR count). The van der Waals surface area contributed by atoms with Gasteiger partial charge < -0.3 is 23.5 Å². The van der Waals surface area contributed by atoms with Crippen LogP contribution in [-0.2, 0) is 36.8 Å². The van der Waals surface area contributed by atoms with E-state index in [2.05, 4.69) is 9.16 Å². The van der Waals surface area contributed by atoms with Gasteiger partial charge in [-0.3, -0.25) is 0 Å². The second-order valence-corrected chi connectivity index (χ2v) is 2.63. The quantitative estimate of drug-likeness (QED) is 0.382. The molecule has 55 valence electrons. The Morgan fingerprint density at radius 2 is 1.70 bits per heavy atom. The molecule has 10 heavy (non-hydrogen) atoms. The van der Waals surface area contributed by atoms with E-state index in [1.54, 1.807) is 0 Å². The van der Waals surface area contributed by atoms with E-state index in [1.165, 1.54) is 7.11 Å². The van der Waals surface area contributed by atoms with E-state index in [9.17, 15) is 14.4 Å². The molecule has 0 amide bonds. The molecule has 0 atom stereocenters. The Hall–Kier alpha value is 0.952. The van der Waals surface area contributed by atoms with Crippen LogP contribution in [0.1, 0.15) is 0 Å². The molecule has 0 N–H and O–H groups in total. The van der Waals surface area contributed by atoms with Crippen molar-refractivity contribution in [3.05, 3.63) is 0 Å². The van der Waals surface area contributed by atoms with Gasteiger partial charge in [-0.05, 0) is 0 Å². The molecule has 0 aromatic heterocycles. The first-order chi connectivity index (χ1) is 4.06. The molecule has 0 bridgehead atoms. The van der Waals surface area contributed by atoms with Gasteiger partial charge >= 0.3 is 27.7 Å². The van der Waals surface area contributed by atoms with E-state index in [0.29, 0.717) is 0 Å². The minimum Gasteiger partial charge on any atom is -0.861 e. The van der Waals surface area contributed by atoms with E-state index in [-0.39, 0.29) is 40.9 Å². The third kappa shape index (κ3) is 11.7. The van der Waals surface area contributed by atoms with Gasteiger partial charge in [0, 0.05) is 7.11 Å². The summed E-state index contributed by atoms with van der Waals surface area (Å²) >= 11 is 0. The van der Waals surface area contributed by atoms with Gasteiger partial charge in [-0.2, -0.15) is 0 Å². The van der Waals surface area contributed by atoms with Crippen LogP contribution in [0.25, 0.3) is 0 Å². The molecule has 0 saturated carbocycles. The average Bonchev–Trinajstić information content (AvgIpc) is 1.63. The van der Waals surface area contributed by atoms with Crippen molar-refractivity contribution in [3.8, 4) is 0 Å². The van der Waals surface area contributed by atoms with Gasteiger partial charge in [0.15, 0.2) is 0 Å². The van der Waals surface area contributed by atoms with Gasteiger partial charge in [-0.15, -0.1) is 9.05 Å². The third-order valence-electron chi connectivity index (χ3n) is 0.566. The van der Waals surface area contributed by atoms with Crippen LogP contribution in [0.15, 0.2) is 0 Å². The molecule has 0 aliphatic heterocycles. The summed E-state index contributed by atoms with van der Waals surface area (Å²) in [4.78, 5) is 29.2. The van der Waals surface area contributed by atoms with Crippen LogP contribution >= 0.6 is 0 Å². The van der Waals surface area contributed by atoms with Crippen LogP contribution in [0.4, 0.5) is 0 Å². The molecule has 0 aliphatic carbocycles. The molecule has 0 heterocycles. The van der Waals surface area contributed by atoms with Crippen molar-refractivity contribution in [2.45, 2.75) is 0 Å². The molecule has 0 aromatic carbocycles. The largest absolute Gasteiger partial charge is 3.00 e. The van der Waals surface area contributed by atoms with Crippen molar-refractivity contribution in [2.24, 2.45) is 0 Å². The van der Waals surface area contributed by atoms with Gasteiger partial charge in [-0.25, -0.2) is 0 Å². The maximum atomic E-state index is 9.73. The van der Waals surface area contributed by atoms with E-state index < -0.39 is 9.05 Å². The average molecular weight is 352 g/mol. The predicted molar refractivity (Wildman–Crippen MR) is 23.6 cm³/mol. The Bertz CT molecular complexity index is 73.8. The summed E-state index contributed by atoms with van der Waals surface area (Å²) in [5.41, 5.74) is 0. The fourth-order valence-corrected chi connectivity index (χ4v) is 0.583. The van der Waals surface area contributed by atoms with E-state index in [4.69, 9.17) is 0 Å². The molecule has 0 saturated heterocycles. The van der Waals surface area contributed by atoms with Crippen molar-refractivity contribution < 1.29 is 51.2 Å². The standard InChI is InChI=1S/C3H7O5Si.Hg/c1-7-2-3-8-9(4,5)6;/h2-3H2,1H3;/q-3;+3. The summed E-state index contributed by atoms with van der Waals surface area (Å²) in [7, 11) is -3.64. The third-order valence-corrected chi connectivity index (χ3v) is 1.12. The number of hydrogen-bond acceptors (Lipinski definition) is 5. The first-order valence-corrected chi connectivity index (χ1v) is 3.94. The van der Waals surface area contributed by atoms with Crippen molar-refractivity contribution in [2.75, 3.05) is 20.3 Å². The Labute approximate surface area is 80.6 Å². The Morgan fingerprint density at radius 3 is 2.00 bits per heavy atom. The predicted octanol–water partition coefficient (Wildman–Crippen LogP) is -3.84. The summed E-state index contributed by atoms with van der Waals surface area (Å²) in [5.74, 6) is 0. The van der Waals surface area contributed by atoms with E-state index >= 15 is 0 Å². The van der Waals surface area contributed by atoms with Crippen LogP contribution in [0, 0.1) is 0 Å². The smallest absolute Gasteiger partial charge is 0.861 e. The van der Waals surface area contributed by atoms with Crippen LogP contribution in [-0.4, -0.2) is 29.4 Å². The van der Waals surface area contributed by atoms with Gasteiger partial charge in [0.25, 0.3) is 0 Å². The number of methoxy groups -OCH3 is 1. The first kappa shape index (κ1) is 13.5. The zero-order chi connectivity index (χ0) is 7.33. The summed E-state index contributed by atoms with van der Waals surface area (Å²) in [5, 5.41) is 0. The van der Waals surface area contributed by atoms with Crippen molar-refractivity contribution >= 4 is 9.05 Å². The fourth-order valence-electron chi connectivity index (χ4n) is 0.250. The molecule has 0 fully saturated rings. The second kappa shape index (κ2) is 6.65. The van der Waals surface area contributed by atoms with Gasteiger partial charge in [0.1, 0.15) is 0 Å². The van der Waals surface area contributed by atoms with Crippen molar-refractivity contribution in [1.82, 2.24) is 0 Å². The molecule has 0 spiro atoms. The van der Waals surface area contributed by atoms with Gasteiger partial charge in [0.05, 0.1) is 13.2 Å². The molecule has 7 heteroatoms. The van der Waals surface area contributed by atoms with Gasteiger partial charge in [-0.1, -0.05) is 0 Å². The SMILES string of the molecule is COCCO[Si]([O-])([O-])[O-].[Hg+3]. The maximum absolute atomic E-state index is 9.73. The Kier molecular flexibility index (Phi) is 9.00. The zero-order valence-corrected chi connectivity index (χ0v) is 12.2. The monoisotopic (exact) mass is 353 g/mol. The molecule has 0 aromatic rings. The molecule has 5 nitrogen and oxygen atoms in total. The number of ether oxygens (including phenoxy) is 1. The van der Waals surface area contributed by atoms with Crippen LogP contribution in [0.2, 0.25) is 0 Å². The molecule has 0 unspecified atom stereocenters. The van der Waals surface area contributed by atoms with E-state index in [1.807, 2.05) is 0 Å². The maximum Gasteiger partial charge on any atom is 3.00 e. The molecule has 0 radical (unpaired) electrons. The van der Waals surface area contributed by atoms with Crippen LogP contribution in [0.3, 0.4) is 0 Å². The summed E-state index contributed by atoms with van der Waals surface area (Å²) < 4.78 is 8.23. The van der Waals surface area contributed by atoms with Crippen LogP contribution < -0.4 is 14.4 Å². The molecular weight excluding hydrogens is 345 g/mol. The molecular formula is C3H7HgO5Si. The number of hydrogen-bond donors (Lipinski definition) is 0. The van der Waals surface area contributed by atoms with E-state index in [0.717, 1.165) is 0 Å².